The molecule has 0 saturated carbocycles. The molecule has 146 valence electrons. The van der Waals surface area contributed by atoms with Gasteiger partial charge in [-0.1, -0.05) is 23.2 Å². The molecular formula is C16H11Cl2N3O7. The van der Waals surface area contributed by atoms with E-state index in [9.17, 15) is 24.5 Å². The molecule has 1 aromatic heterocycles. The Hall–Kier alpha value is -3.24. The van der Waals surface area contributed by atoms with Crippen LogP contribution in [-0.2, 0) is 14.3 Å². The quantitative estimate of drug-likeness (QED) is 0.421. The van der Waals surface area contributed by atoms with Crippen molar-refractivity contribution in [3.8, 4) is 0 Å². The van der Waals surface area contributed by atoms with Crippen LogP contribution in [-0.4, -0.2) is 41.5 Å². The zero-order valence-corrected chi connectivity index (χ0v) is 15.6. The molecule has 1 heterocycles. The molecule has 2 rings (SSSR count). The average molecular weight is 428 g/mol. The van der Waals surface area contributed by atoms with Crippen molar-refractivity contribution in [1.82, 2.24) is 4.98 Å². The lowest BCUT2D eigenvalue weighted by Gasteiger charge is -2.08. The van der Waals surface area contributed by atoms with Gasteiger partial charge in [0, 0.05) is 18.3 Å². The zero-order valence-electron chi connectivity index (χ0n) is 14.1. The summed E-state index contributed by atoms with van der Waals surface area (Å²) in [4.78, 5) is 49.6. The van der Waals surface area contributed by atoms with E-state index in [4.69, 9.17) is 27.9 Å². The number of carbonyl (C=O) groups is 3. The van der Waals surface area contributed by atoms with Crippen molar-refractivity contribution < 1.29 is 28.8 Å². The number of ether oxygens (including phenoxy) is 2. The van der Waals surface area contributed by atoms with Gasteiger partial charge in [0.15, 0.2) is 12.4 Å². The summed E-state index contributed by atoms with van der Waals surface area (Å²) in [6, 6.07) is 4.26. The van der Waals surface area contributed by atoms with Crippen LogP contribution in [0.5, 0.6) is 0 Å². The van der Waals surface area contributed by atoms with Crippen molar-refractivity contribution in [2.45, 2.75) is 0 Å². The Morgan fingerprint density at radius 2 is 1.79 bits per heavy atom. The molecule has 28 heavy (non-hydrogen) atoms. The monoisotopic (exact) mass is 427 g/mol. The number of pyridine rings is 1. The molecule has 12 heteroatoms. The highest BCUT2D eigenvalue weighted by atomic mass is 35.5. The molecule has 2 aromatic rings. The van der Waals surface area contributed by atoms with Crippen LogP contribution in [0.15, 0.2) is 30.5 Å². The Labute approximate surface area is 167 Å². The zero-order chi connectivity index (χ0) is 20.8. The lowest BCUT2D eigenvalue weighted by Crippen LogP contribution is -2.22. The van der Waals surface area contributed by atoms with Crippen molar-refractivity contribution >= 4 is 52.6 Å². The van der Waals surface area contributed by atoms with Gasteiger partial charge in [-0.3, -0.25) is 14.9 Å². The summed E-state index contributed by atoms with van der Waals surface area (Å²) in [6.45, 7) is -0.726. The summed E-state index contributed by atoms with van der Waals surface area (Å²) in [5, 5.41) is 13.6. The molecule has 0 aliphatic carbocycles. The number of rotatable bonds is 6. The van der Waals surface area contributed by atoms with Crippen LogP contribution in [0, 0.1) is 10.1 Å². The van der Waals surface area contributed by atoms with Crippen LogP contribution in [0.4, 0.5) is 11.5 Å². The number of halogens is 2. The minimum Gasteiger partial charge on any atom is -0.465 e. The average Bonchev–Trinajstić information content (AvgIpc) is 2.67. The first-order valence-electron chi connectivity index (χ1n) is 7.37. The number of carbonyl (C=O) groups excluding carboxylic acids is 3. The first-order chi connectivity index (χ1) is 13.2. The molecule has 0 spiro atoms. The number of amides is 1. The molecule has 1 aromatic carbocycles. The van der Waals surface area contributed by atoms with Crippen LogP contribution >= 0.6 is 23.2 Å². The predicted octanol–water partition coefficient (Wildman–Crippen LogP) is 2.88. The number of nitro groups is 1. The molecule has 0 unspecified atom stereocenters. The number of hydrogen-bond donors (Lipinski definition) is 1. The fourth-order valence-electron chi connectivity index (χ4n) is 1.96. The van der Waals surface area contributed by atoms with E-state index in [2.05, 4.69) is 15.0 Å². The maximum atomic E-state index is 12.1. The Morgan fingerprint density at radius 1 is 1.14 bits per heavy atom. The molecule has 0 atom stereocenters. The second kappa shape index (κ2) is 9.11. The smallest absolute Gasteiger partial charge is 0.338 e. The van der Waals surface area contributed by atoms with Gasteiger partial charge in [-0.2, -0.15) is 0 Å². The molecule has 0 aliphatic rings. The van der Waals surface area contributed by atoms with E-state index in [0.29, 0.717) is 0 Å². The largest absolute Gasteiger partial charge is 0.465 e. The van der Waals surface area contributed by atoms with E-state index in [-0.39, 0.29) is 27.0 Å². The second-order valence-electron chi connectivity index (χ2n) is 5.13. The van der Waals surface area contributed by atoms with Gasteiger partial charge in [-0.15, -0.1) is 0 Å². The molecule has 0 saturated heterocycles. The van der Waals surface area contributed by atoms with E-state index in [1.807, 2.05) is 0 Å². The highest BCUT2D eigenvalue weighted by Gasteiger charge is 2.20. The molecule has 10 nitrogen and oxygen atoms in total. The summed E-state index contributed by atoms with van der Waals surface area (Å²) in [5.41, 5.74) is -1.04. The normalized spacial score (nSPS) is 10.1. The summed E-state index contributed by atoms with van der Waals surface area (Å²) in [6.07, 6.45) is 1.26. The van der Waals surface area contributed by atoms with Crippen LogP contribution in [0.3, 0.4) is 0 Å². The lowest BCUT2D eigenvalue weighted by molar-refractivity contribution is -0.384. The number of benzene rings is 1. The first-order valence-corrected chi connectivity index (χ1v) is 8.12. The molecule has 0 radical (unpaired) electrons. The third-order valence-electron chi connectivity index (χ3n) is 3.19. The summed E-state index contributed by atoms with van der Waals surface area (Å²) < 4.78 is 9.29. The van der Waals surface area contributed by atoms with Gasteiger partial charge in [-0.05, 0) is 12.1 Å². The van der Waals surface area contributed by atoms with Crippen molar-refractivity contribution in [2.24, 2.45) is 0 Å². The first kappa shape index (κ1) is 21.1. The van der Waals surface area contributed by atoms with Crippen LogP contribution in [0.2, 0.25) is 10.0 Å². The van der Waals surface area contributed by atoms with Gasteiger partial charge in [-0.25, -0.2) is 14.6 Å². The fraction of sp³-hybridized carbons (Fsp3) is 0.125. The van der Waals surface area contributed by atoms with E-state index in [1.165, 1.54) is 12.3 Å². The number of nitrogens with one attached hydrogen (secondary N) is 1. The highest BCUT2D eigenvalue weighted by Crippen LogP contribution is 2.22. The van der Waals surface area contributed by atoms with Crippen molar-refractivity contribution in [1.29, 1.82) is 0 Å². The van der Waals surface area contributed by atoms with Crippen molar-refractivity contribution in [3.63, 3.8) is 0 Å². The topological polar surface area (TPSA) is 138 Å². The minimum absolute atomic E-state index is 0.00967. The molecular weight excluding hydrogens is 417 g/mol. The molecule has 1 N–H and O–H groups in total. The Bertz CT molecular complexity index is 965. The number of nitrogens with zero attached hydrogens (tertiary/aromatic N) is 2. The Morgan fingerprint density at radius 3 is 2.36 bits per heavy atom. The van der Waals surface area contributed by atoms with Gasteiger partial charge in [0.1, 0.15) is 0 Å². The fourth-order valence-corrected chi connectivity index (χ4v) is 2.39. The van der Waals surface area contributed by atoms with E-state index in [1.54, 1.807) is 0 Å². The minimum atomic E-state index is -1.06. The van der Waals surface area contributed by atoms with Gasteiger partial charge in [0.05, 0.1) is 33.2 Å². The number of hydrogen-bond acceptors (Lipinski definition) is 8. The second-order valence-corrected chi connectivity index (χ2v) is 5.97. The third kappa shape index (κ3) is 5.38. The summed E-state index contributed by atoms with van der Waals surface area (Å²) in [5.74, 6) is -2.68. The highest BCUT2D eigenvalue weighted by molar-refractivity contribution is 6.36. The number of aromatic nitrogens is 1. The van der Waals surface area contributed by atoms with Gasteiger partial charge >= 0.3 is 11.9 Å². The van der Waals surface area contributed by atoms with Crippen molar-refractivity contribution in [3.05, 3.63) is 61.7 Å². The Kier molecular flexibility index (Phi) is 6.85. The van der Waals surface area contributed by atoms with Gasteiger partial charge < -0.3 is 14.8 Å². The van der Waals surface area contributed by atoms with E-state index < -0.39 is 35.1 Å². The predicted molar refractivity (Wildman–Crippen MR) is 97.6 cm³/mol. The number of nitro benzene ring substituents is 1. The molecule has 0 fully saturated rings. The van der Waals surface area contributed by atoms with Gasteiger partial charge in [0.25, 0.3) is 11.6 Å². The SMILES string of the molecule is COC(=O)c1cc(C(=O)OCC(=O)Nc2ncc(Cl)cc2Cl)cc([N+](=O)[O-])c1. The van der Waals surface area contributed by atoms with Crippen LogP contribution < -0.4 is 5.32 Å². The lowest BCUT2D eigenvalue weighted by atomic mass is 10.1. The summed E-state index contributed by atoms with van der Waals surface area (Å²) in [7, 11) is 1.08. The van der Waals surface area contributed by atoms with E-state index in [0.717, 1.165) is 25.3 Å². The summed E-state index contributed by atoms with van der Waals surface area (Å²) >= 11 is 11.6. The standard InChI is InChI=1S/C16H11Cl2N3O7/c1-27-15(23)8-2-9(4-11(3-8)21(25)26)16(24)28-7-13(22)20-14-12(18)5-10(17)6-19-14/h2-6H,7H2,1H3,(H,19,20,22). The number of methoxy groups -OCH3 is 1. The van der Waals surface area contributed by atoms with Crippen LogP contribution in [0.25, 0.3) is 0 Å². The number of anilines is 1. The Balaban J connectivity index is 2.09. The maximum absolute atomic E-state index is 12.1. The van der Waals surface area contributed by atoms with Crippen LogP contribution in [0.1, 0.15) is 20.7 Å². The molecule has 0 bridgehead atoms. The maximum Gasteiger partial charge on any atom is 0.338 e. The van der Waals surface area contributed by atoms with Gasteiger partial charge in [0.2, 0.25) is 0 Å². The van der Waals surface area contributed by atoms with E-state index >= 15 is 0 Å². The molecule has 1 amide bonds. The number of esters is 2. The molecule has 0 aliphatic heterocycles. The third-order valence-corrected chi connectivity index (χ3v) is 3.68. The number of non-ortho nitro benzene ring substituents is 1. The van der Waals surface area contributed by atoms with Crippen molar-refractivity contribution in [2.75, 3.05) is 19.0 Å².